The summed E-state index contributed by atoms with van der Waals surface area (Å²) in [5.74, 6) is -1.47. The monoisotopic (exact) mass is 393 g/mol. The molecule has 0 aliphatic heterocycles. The number of carbonyl (C=O) groups excluding carboxylic acids is 3. The largest absolute Gasteiger partial charge is 0.394 e. The van der Waals surface area contributed by atoms with E-state index in [1.54, 1.807) is 6.92 Å². The first-order valence-corrected chi connectivity index (χ1v) is 9.38. The van der Waals surface area contributed by atoms with E-state index in [-0.39, 0.29) is 12.3 Å². The van der Waals surface area contributed by atoms with Crippen molar-refractivity contribution in [3.05, 3.63) is 35.9 Å². The van der Waals surface area contributed by atoms with E-state index in [4.69, 9.17) is 16.6 Å². The van der Waals surface area contributed by atoms with Crippen LogP contribution in [0.4, 0.5) is 0 Å². The summed E-state index contributed by atoms with van der Waals surface area (Å²) in [4.78, 5) is 36.8. The lowest BCUT2D eigenvalue weighted by molar-refractivity contribution is -0.132. The van der Waals surface area contributed by atoms with Gasteiger partial charge in [0.25, 0.3) is 0 Å². The van der Waals surface area contributed by atoms with E-state index < -0.39 is 36.5 Å². The molecule has 0 aliphatic carbocycles. The fourth-order valence-corrected chi connectivity index (χ4v) is 2.43. The Labute approximate surface area is 165 Å². The van der Waals surface area contributed by atoms with E-state index in [2.05, 4.69) is 16.0 Å². The zero-order chi connectivity index (χ0) is 20.9. The van der Waals surface area contributed by atoms with Crippen LogP contribution in [0.25, 0.3) is 0 Å². The van der Waals surface area contributed by atoms with Gasteiger partial charge in [-0.25, -0.2) is 0 Å². The number of unbranched alkanes of at least 4 members (excludes halogenated alkanes) is 1. The number of aliphatic hydroxyl groups excluding tert-OH is 1. The van der Waals surface area contributed by atoms with Crippen molar-refractivity contribution in [1.82, 2.24) is 16.0 Å². The lowest BCUT2D eigenvalue weighted by Gasteiger charge is -2.22. The second-order valence-corrected chi connectivity index (χ2v) is 6.56. The number of nitrogens with one attached hydrogen (secondary N) is 3. The highest BCUT2D eigenvalue weighted by Crippen LogP contribution is 2.04. The van der Waals surface area contributed by atoms with Gasteiger partial charge in [-0.3, -0.25) is 14.4 Å². The summed E-state index contributed by atoms with van der Waals surface area (Å²) in [6.07, 6.45) is 1.79. The average molecular weight is 393 g/mol. The second kappa shape index (κ2) is 12.8. The van der Waals surface area contributed by atoms with E-state index in [1.165, 1.54) is 0 Å². The molecule has 0 unspecified atom stereocenters. The van der Waals surface area contributed by atoms with Crippen LogP contribution in [-0.4, -0.2) is 60.6 Å². The van der Waals surface area contributed by atoms with Crippen LogP contribution in [0.15, 0.2) is 30.3 Å². The van der Waals surface area contributed by atoms with Crippen molar-refractivity contribution in [2.24, 2.45) is 11.5 Å². The Morgan fingerprint density at radius 1 is 1.04 bits per heavy atom. The third-order valence-electron chi connectivity index (χ3n) is 4.13. The number of aliphatic hydroxyl groups is 1. The van der Waals surface area contributed by atoms with E-state index in [0.717, 1.165) is 18.4 Å². The van der Waals surface area contributed by atoms with Gasteiger partial charge in [0, 0.05) is 13.0 Å². The van der Waals surface area contributed by atoms with Gasteiger partial charge in [0.2, 0.25) is 17.7 Å². The summed E-state index contributed by atoms with van der Waals surface area (Å²) >= 11 is 0. The molecule has 0 spiro atoms. The molecule has 0 radical (unpaired) electrons. The molecular formula is C19H31N5O4. The maximum absolute atomic E-state index is 12.7. The predicted molar refractivity (Wildman–Crippen MR) is 106 cm³/mol. The van der Waals surface area contributed by atoms with Crippen molar-refractivity contribution in [3.63, 3.8) is 0 Å². The highest BCUT2D eigenvalue weighted by molar-refractivity contribution is 5.93. The van der Waals surface area contributed by atoms with E-state index >= 15 is 0 Å². The molecule has 1 aromatic carbocycles. The van der Waals surface area contributed by atoms with Gasteiger partial charge in [-0.2, -0.15) is 0 Å². The summed E-state index contributed by atoms with van der Waals surface area (Å²) in [7, 11) is 0. The standard InChI is InChI=1S/C19H31N5O4/c1-13(17(26)22-10-6-5-9-20)23-19(28)16(24-18(27)15(21)12-25)11-14-7-3-2-4-8-14/h2-4,7-8,13,15-16,25H,5-6,9-12,20-21H2,1H3,(H,22,26)(H,23,28)(H,24,27)/t13-,15-,16-/m0/s1. The second-order valence-electron chi connectivity index (χ2n) is 6.56. The van der Waals surface area contributed by atoms with Gasteiger partial charge in [0.15, 0.2) is 0 Å². The molecule has 0 bridgehead atoms. The van der Waals surface area contributed by atoms with Crippen molar-refractivity contribution >= 4 is 17.7 Å². The molecule has 0 aromatic heterocycles. The first-order valence-electron chi connectivity index (χ1n) is 9.38. The highest BCUT2D eigenvalue weighted by Gasteiger charge is 2.26. The Morgan fingerprint density at radius 2 is 1.71 bits per heavy atom. The number of benzene rings is 1. The molecule has 156 valence electrons. The summed E-state index contributed by atoms with van der Waals surface area (Å²) in [5.41, 5.74) is 11.8. The molecule has 0 saturated carbocycles. The van der Waals surface area contributed by atoms with Gasteiger partial charge in [-0.05, 0) is 31.9 Å². The van der Waals surface area contributed by atoms with Gasteiger partial charge in [-0.15, -0.1) is 0 Å². The minimum absolute atomic E-state index is 0.224. The number of nitrogens with two attached hydrogens (primary N) is 2. The molecule has 0 aliphatic rings. The van der Waals surface area contributed by atoms with Gasteiger partial charge in [0.05, 0.1) is 6.61 Å². The molecule has 1 rings (SSSR count). The Morgan fingerprint density at radius 3 is 2.32 bits per heavy atom. The molecule has 0 heterocycles. The molecule has 28 heavy (non-hydrogen) atoms. The summed E-state index contributed by atoms with van der Waals surface area (Å²) < 4.78 is 0. The predicted octanol–water partition coefficient (Wildman–Crippen LogP) is -1.61. The maximum atomic E-state index is 12.7. The number of rotatable bonds is 12. The summed E-state index contributed by atoms with van der Waals surface area (Å²) in [6, 6.07) is 6.31. The van der Waals surface area contributed by atoms with Crippen LogP contribution < -0.4 is 27.4 Å². The molecule has 3 atom stereocenters. The summed E-state index contributed by atoms with van der Waals surface area (Å²) in [6.45, 7) is 2.06. The molecule has 9 heteroatoms. The minimum Gasteiger partial charge on any atom is -0.394 e. The zero-order valence-corrected chi connectivity index (χ0v) is 16.2. The van der Waals surface area contributed by atoms with Crippen LogP contribution in [0.3, 0.4) is 0 Å². The zero-order valence-electron chi connectivity index (χ0n) is 16.2. The third kappa shape index (κ3) is 8.47. The fourth-order valence-electron chi connectivity index (χ4n) is 2.43. The fraction of sp³-hybridized carbons (Fsp3) is 0.526. The molecule has 8 N–H and O–H groups in total. The molecule has 0 fully saturated rings. The molecule has 9 nitrogen and oxygen atoms in total. The van der Waals surface area contributed by atoms with E-state index in [1.807, 2.05) is 30.3 Å². The van der Waals surface area contributed by atoms with Crippen molar-refractivity contribution in [3.8, 4) is 0 Å². The van der Waals surface area contributed by atoms with Crippen molar-refractivity contribution in [2.75, 3.05) is 19.7 Å². The molecule has 1 aromatic rings. The first-order chi connectivity index (χ1) is 13.4. The van der Waals surface area contributed by atoms with Crippen LogP contribution in [0, 0.1) is 0 Å². The molecule has 0 saturated heterocycles. The molecule has 3 amide bonds. The Bertz CT molecular complexity index is 626. The highest BCUT2D eigenvalue weighted by atomic mass is 16.3. The van der Waals surface area contributed by atoms with Crippen molar-refractivity contribution < 1.29 is 19.5 Å². The molecular weight excluding hydrogens is 362 g/mol. The Kier molecular flexibility index (Phi) is 10.8. The Hall–Kier alpha value is -2.49. The van der Waals surface area contributed by atoms with Gasteiger partial charge < -0.3 is 32.5 Å². The van der Waals surface area contributed by atoms with Crippen LogP contribution >= 0.6 is 0 Å². The maximum Gasteiger partial charge on any atom is 0.243 e. The Balaban J connectivity index is 2.71. The van der Waals surface area contributed by atoms with Crippen LogP contribution in [0.1, 0.15) is 25.3 Å². The van der Waals surface area contributed by atoms with Gasteiger partial charge in [-0.1, -0.05) is 30.3 Å². The van der Waals surface area contributed by atoms with Crippen molar-refractivity contribution in [2.45, 2.75) is 44.3 Å². The van der Waals surface area contributed by atoms with E-state index in [9.17, 15) is 14.4 Å². The third-order valence-corrected chi connectivity index (χ3v) is 4.13. The lowest BCUT2D eigenvalue weighted by Crippen LogP contribution is -2.56. The van der Waals surface area contributed by atoms with Gasteiger partial charge >= 0.3 is 0 Å². The van der Waals surface area contributed by atoms with Crippen LogP contribution in [-0.2, 0) is 20.8 Å². The van der Waals surface area contributed by atoms with Crippen LogP contribution in [0.2, 0.25) is 0 Å². The minimum atomic E-state index is -1.13. The lowest BCUT2D eigenvalue weighted by atomic mass is 10.0. The SMILES string of the molecule is C[C@H](NC(=O)[C@H](Cc1ccccc1)NC(=O)[C@@H](N)CO)C(=O)NCCCCN. The normalized spacial score (nSPS) is 13.9. The van der Waals surface area contributed by atoms with E-state index in [0.29, 0.717) is 13.1 Å². The number of carbonyl (C=O) groups is 3. The smallest absolute Gasteiger partial charge is 0.243 e. The quantitative estimate of drug-likeness (QED) is 0.234. The van der Waals surface area contributed by atoms with Gasteiger partial charge in [0.1, 0.15) is 18.1 Å². The number of amides is 3. The first kappa shape index (κ1) is 23.5. The van der Waals surface area contributed by atoms with Crippen molar-refractivity contribution in [1.29, 1.82) is 0 Å². The topological polar surface area (TPSA) is 160 Å². The number of hydrogen-bond donors (Lipinski definition) is 6. The number of hydrogen-bond acceptors (Lipinski definition) is 6. The summed E-state index contributed by atoms with van der Waals surface area (Å²) in [5, 5.41) is 16.9. The van der Waals surface area contributed by atoms with Crippen LogP contribution in [0.5, 0.6) is 0 Å². The average Bonchev–Trinajstić information content (AvgIpc) is 2.70.